The monoisotopic (exact) mass is 315 g/mol. The van der Waals surface area contributed by atoms with Gasteiger partial charge in [-0.05, 0) is 44.2 Å². The molecule has 0 N–H and O–H groups in total. The fourth-order valence-corrected chi connectivity index (χ4v) is 3.06. The molecule has 2 heterocycles. The zero-order valence-corrected chi connectivity index (χ0v) is 13.8. The Labute approximate surface area is 136 Å². The van der Waals surface area contributed by atoms with Crippen molar-refractivity contribution < 1.29 is 9.18 Å². The maximum Gasteiger partial charge on any atom is 0.255 e. The number of aromatic nitrogens is 1. The largest absolute Gasteiger partial charge is 0.368 e. The first kappa shape index (κ1) is 15.6. The SMILES string of the molecule is Cc1cc(C(=O)N2CCN(c3ccc(F)cc3)CC2)c(C)n1C. The van der Waals surface area contributed by atoms with Crippen molar-refractivity contribution in [2.45, 2.75) is 13.8 Å². The molecule has 1 fully saturated rings. The molecule has 1 aromatic heterocycles. The van der Waals surface area contributed by atoms with E-state index in [9.17, 15) is 9.18 Å². The summed E-state index contributed by atoms with van der Waals surface area (Å²) < 4.78 is 15.1. The fraction of sp³-hybridized carbons (Fsp3) is 0.389. The van der Waals surface area contributed by atoms with Crippen molar-refractivity contribution in [3.63, 3.8) is 0 Å². The zero-order valence-electron chi connectivity index (χ0n) is 13.8. The Morgan fingerprint density at radius 1 is 1.04 bits per heavy atom. The molecule has 0 saturated carbocycles. The molecule has 0 atom stereocenters. The minimum atomic E-state index is -0.225. The average Bonchev–Trinajstić information content (AvgIpc) is 2.83. The van der Waals surface area contributed by atoms with Crippen LogP contribution in [0.1, 0.15) is 21.7 Å². The maximum atomic E-state index is 13.0. The molecule has 0 unspecified atom stereocenters. The summed E-state index contributed by atoms with van der Waals surface area (Å²) in [4.78, 5) is 16.8. The van der Waals surface area contributed by atoms with Crippen LogP contribution in [0.25, 0.3) is 0 Å². The lowest BCUT2D eigenvalue weighted by Gasteiger charge is -2.36. The molecule has 1 aromatic carbocycles. The third-order valence-electron chi connectivity index (χ3n) is 4.76. The summed E-state index contributed by atoms with van der Waals surface area (Å²) in [6.45, 7) is 6.89. The van der Waals surface area contributed by atoms with E-state index in [0.29, 0.717) is 13.1 Å². The number of anilines is 1. The van der Waals surface area contributed by atoms with Gasteiger partial charge < -0.3 is 14.4 Å². The molecule has 0 radical (unpaired) electrons. The number of rotatable bonds is 2. The van der Waals surface area contributed by atoms with Gasteiger partial charge in [-0.2, -0.15) is 0 Å². The Kier molecular flexibility index (Phi) is 4.11. The molecule has 1 aliphatic rings. The third kappa shape index (κ3) is 2.96. The first-order valence-electron chi connectivity index (χ1n) is 7.90. The lowest BCUT2D eigenvalue weighted by atomic mass is 10.2. The van der Waals surface area contributed by atoms with Crippen molar-refractivity contribution in [1.82, 2.24) is 9.47 Å². The predicted molar refractivity (Wildman–Crippen MR) is 89.4 cm³/mol. The number of amides is 1. The summed E-state index contributed by atoms with van der Waals surface area (Å²) >= 11 is 0. The van der Waals surface area contributed by atoms with Gasteiger partial charge in [-0.15, -0.1) is 0 Å². The number of piperazine rings is 1. The van der Waals surface area contributed by atoms with Crippen molar-refractivity contribution in [1.29, 1.82) is 0 Å². The number of aryl methyl sites for hydroxylation is 1. The van der Waals surface area contributed by atoms with Crippen LogP contribution in [0.2, 0.25) is 0 Å². The van der Waals surface area contributed by atoms with Crippen LogP contribution in [-0.2, 0) is 7.05 Å². The first-order chi connectivity index (χ1) is 11.0. The van der Waals surface area contributed by atoms with Crippen molar-refractivity contribution in [3.8, 4) is 0 Å². The maximum absolute atomic E-state index is 13.0. The minimum absolute atomic E-state index is 0.102. The summed E-state index contributed by atoms with van der Waals surface area (Å²) in [5.41, 5.74) is 3.90. The van der Waals surface area contributed by atoms with Crippen LogP contribution in [0.3, 0.4) is 0 Å². The summed E-state index contributed by atoms with van der Waals surface area (Å²) in [6, 6.07) is 8.49. The number of nitrogens with zero attached hydrogens (tertiary/aromatic N) is 3. The molecule has 1 amide bonds. The van der Waals surface area contributed by atoms with E-state index in [2.05, 4.69) is 4.90 Å². The second kappa shape index (κ2) is 6.07. The molecular weight excluding hydrogens is 293 g/mol. The van der Waals surface area contributed by atoms with Gasteiger partial charge in [0.15, 0.2) is 0 Å². The fourth-order valence-electron chi connectivity index (χ4n) is 3.06. The molecule has 122 valence electrons. The number of hydrogen-bond donors (Lipinski definition) is 0. The average molecular weight is 315 g/mol. The molecule has 0 spiro atoms. The summed E-state index contributed by atoms with van der Waals surface area (Å²) in [5.74, 6) is -0.123. The Hall–Kier alpha value is -2.30. The molecule has 0 aliphatic carbocycles. The molecule has 5 heteroatoms. The molecule has 0 bridgehead atoms. The van der Waals surface area contributed by atoms with E-state index in [1.54, 1.807) is 12.1 Å². The van der Waals surface area contributed by atoms with Gasteiger partial charge >= 0.3 is 0 Å². The van der Waals surface area contributed by atoms with Gasteiger partial charge in [-0.25, -0.2) is 4.39 Å². The van der Waals surface area contributed by atoms with E-state index in [-0.39, 0.29) is 11.7 Å². The Balaban J connectivity index is 1.67. The molecule has 4 nitrogen and oxygen atoms in total. The quantitative estimate of drug-likeness (QED) is 0.852. The molecule has 3 rings (SSSR count). The number of hydrogen-bond acceptors (Lipinski definition) is 2. The van der Waals surface area contributed by atoms with Crippen molar-refractivity contribution in [2.24, 2.45) is 7.05 Å². The van der Waals surface area contributed by atoms with Gasteiger partial charge in [0, 0.05) is 50.3 Å². The van der Waals surface area contributed by atoms with E-state index < -0.39 is 0 Å². The third-order valence-corrected chi connectivity index (χ3v) is 4.76. The van der Waals surface area contributed by atoms with E-state index in [0.717, 1.165) is 35.7 Å². The number of carbonyl (C=O) groups excluding carboxylic acids is 1. The van der Waals surface area contributed by atoms with Gasteiger partial charge in [-0.3, -0.25) is 4.79 Å². The number of halogens is 1. The smallest absolute Gasteiger partial charge is 0.255 e. The van der Waals surface area contributed by atoms with Gasteiger partial charge in [0.05, 0.1) is 5.56 Å². The Bertz CT molecular complexity index is 713. The van der Waals surface area contributed by atoms with Crippen LogP contribution >= 0.6 is 0 Å². The van der Waals surface area contributed by atoms with Crippen molar-refractivity contribution in [2.75, 3.05) is 31.1 Å². The first-order valence-corrected chi connectivity index (χ1v) is 7.90. The summed E-state index contributed by atoms with van der Waals surface area (Å²) in [7, 11) is 1.98. The van der Waals surface area contributed by atoms with E-state index in [1.807, 2.05) is 36.4 Å². The van der Waals surface area contributed by atoms with Crippen LogP contribution in [0.4, 0.5) is 10.1 Å². The highest BCUT2D eigenvalue weighted by Crippen LogP contribution is 2.20. The van der Waals surface area contributed by atoms with Crippen molar-refractivity contribution in [3.05, 3.63) is 53.1 Å². The van der Waals surface area contributed by atoms with E-state index >= 15 is 0 Å². The van der Waals surface area contributed by atoms with Crippen molar-refractivity contribution >= 4 is 11.6 Å². The zero-order chi connectivity index (χ0) is 16.6. The number of carbonyl (C=O) groups is 1. The van der Waals surface area contributed by atoms with Gasteiger partial charge in [0.1, 0.15) is 5.82 Å². The highest BCUT2D eigenvalue weighted by molar-refractivity contribution is 5.95. The van der Waals surface area contributed by atoms with Crippen LogP contribution in [0.5, 0.6) is 0 Å². The normalized spacial score (nSPS) is 15.1. The van der Waals surface area contributed by atoms with Crippen LogP contribution < -0.4 is 4.90 Å². The number of benzene rings is 1. The predicted octanol–water partition coefficient (Wildman–Crippen LogP) is 2.74. The molecule has 23 heavy (non-hydrogen) atoms. The lowest BCUT2D eigenvalue weighted by molar-refractivity contribution is 0.0746. The second-order valence-electron chi connectivity index (χ2n) is 6.10. The Morgan fingerprint density at radius 2 is 1.65 bits per heavy atom. The second-order valence-corrected chi connectivity index (χ2v) is 6.10. The highest BCUT2D eigenvalue weighted by atomic mass is 19.1. The molecule has 1 saturated heterocycles. The van der Waals surface area contributed by atoms with E-state index in [1.165, 1.54) is 12.1 Å². The summed E-state index contributed by atoms with van der Waals surface area (Å²) in [6.07, 6.45) is 0. The van der Waals surface area contributed by atoms with E-state index in [4.69, 9.17) is 0 Å². The van der Waals surface area contributed by atoms with Crippen LogP contribution in [-0.4, -0.2) is 41.6 Å². The molecule has 2 aromatic rings. The van der Waals surface area contributed by atoms with Gasteiger partial charge in [0.25, 0.3) is 5.91 Å². The lowest BCUT2D eigenvalue weighted by Crippen LogP contribution is -2.48. The molecule has 1 aliphatic heterocycles. The Morgan fingerprint density at radius 3 is 2.17 bits per heavy atom. The van der Waals surface area contributed by atoms with Gasteiger partial charge in [0.2, 0.25) is 0 Å². The summed E-state index contributed by atoms with van der Waals surface area (Å²) in [5, 5.41) is 0. The standard InChI is InChI=1S/C18H22FN3O/c1-13-12-17(14(2)20(13)3)18(23)22-10-8-21(9-11-22)16-6-4-15(19)5-7-16/h4-7,12H,8-11H2,1-3H3. The highest BCUT2D eigenvalue weighted by Gasteiger charge is 2.24. The van der Waals surface area contributed by atoms with Gasteiger partial charge in [-0.1, -0.05) is 0 Å². The van der Waals surface area contributed by atoms with Crippen LogP contribution in [0.15, 0.2) is 30.3 Å². The topological polar surface area (TPSA) is 28.5 Å². The minimum Gasteiger partial charge on any atom is -0.368 e. The van der Waals surface area contributed by atoms with Crippen LogP contribution in [0, 0.1) is 19.7 Å². The molecular formula is C18H22FN3O.